The molecule has 1 aliphatic heterocycles. The van der Waals surface area contributed by atoms with E-state index in [2.05, 4.69) is 9.82 Å². The predicted octanol–water partition coefficient (Wildman–Crippen LogP) is 3.34. The number of methoxy groups -OCH3 is 1. The number of hydrogen-bond donors (Lipinski definition) is 0. The molecule has 1 saturated heterocycles. The van der Waals surface area contributed by atoms with Crippen LogP contribution in [0.3, 0.4) is 0 Å². The lowest BCUT2D eigenvalue weighted by Crippen LogP contribution is -2.41. The Kier molecular flexibility index (Phi) is 9.29. The Balaban J connectivity index is 1.58. The van der Waals surface area contributed by atoms with Crippen molar-refractivity contribution in [3.63, 3.8) is 0 Å². The molecular formula is C26H30F3N3O6. The first-order chi connectivity index (χ1) is 17.9. The van der Waals surface area contributed by atoms with Gasteiger partial charge >= 0.3 is 12.1 Å². The number of amides is 1. The van der Waals surface area contributed by atoms with Gasteiger partial charge in [0.2, 0.25) is 5.91 Å². The molecule has 0 unspecified atom stereocenters. The van der Waals surface area contributed by atoms with Crippen LogP contribution in [-0.2, 0) is 16.0 Å². The summed E-state index contributed by atoms with van der Waals surface area (Å²) in [5.74, 6) is -2.61. The van der Waals surface area contributed by atoms with Crippen molar-refractivity contribution >= 4 is 17.7 Å². The minimum atomic E-state index is -5.29. The molecule has 2 heterocycles. The lowest BCUT2D eigenvalue weighted by molar-refractivity contribution is -0.200. The van der Waals surface area contributed by atoms with Crippen LogP contribution in [0.25, 0.3) is 0 Å². The van der Waals surface area contributed by atoms with E-state index in [1.54, 1.807) is 50.1 Å². The van der Waals surface area contributed by atoms with Gasteiger partial charge in [-0.05, 0) is 49.4 Å². The zero-order chi connectivity index (χ0) is 28.0. The van der Waals surface area contributed by atoms with E-state index in [4.69, 9.17) is 4.74 Å². The fourth-order valence-corrected chi connectivity index (χ4v) is 4.16. The summed E-state index contributed by atoms with van der Waals surface area (Å²) in [7, 11) is 1.55. The SMILES string of the molecule is COc1ccc(C(=O)C2CCN(C(=O)CCCc3nc(C(C)C)cc(=O)n3OC(=O)C(F)(F)F)CC2)cc1. The molecule has 0 spiro atoms. The number of hydrogen-bond acceptors (Lipinski definition) is 7. The monoisotopic (exact) mass is 537 g/mol. The number of piperidine rings is 1. The topological polar surface area (TPSA) is 108 Å². The van der Waals surface area contributed by atoms with Crippen molar-refractivity contribution in [1.29, 1.82) is 0 Å². The van der Waals surface area contributed by atoms with Crippen LogP contribution in [-0.4, -0.2) is 58.6 Å². The minimum absolute atomic E-state index is 0.0160. The maximum Gasteiger partial charge on any atom is 0.493 e. The van der Waals surface area contributed by atoms with Crippen molar-refractivity contribution in [1.82, 2.24) is 14.6 Å². The van der Waals surface area contributed by atoms with E-state index in [1.807, 2.05) is 0 Å². The first kappa shape index (κ1) is 28.9. The van der Waals surface area contributed by atoms with Crippen LogP contribution in [0, 0.1) is 5.92 Å². The van der Waals surface area contributed by atoms with Gasteiger partial charge in [-0.3, -0.25) is 14.4 Å². The molecule has 9 nitrogen and oxygen atoms in total. The Morgan fingerprint density at radius 3 is 2.29 bits per heavy atom. The summed E-state index contributed by atoms with van der Waals surface area (Å²) in [4.78, 5) is 59.3. The average molecular weight is 538 g/mol. The van der Waals surface area contributed by atoms with Gasteiger partial charge < -0.3 is 14.5 Å². The van der Waals surface area contributed by atoms with E-state index >= 15 is 0 Å². The van der Waals surface area contributed by atoms with E-state index < -0.39 is 17.7 Å². The molecule has 38 heavy (non-hydrogen) atoms. The van der Waals surface area contributed by atoms with Gasteiger partial charge in [0.15, 0.2) is 5.78 Å². The van der Waals surface area contributed by atoms with Crippen LogP contribution in [0.4, 0.5) is 13.2 Å². The van der Waals surface area contributed by atoms with E-state index in [0.717, 1.165) is 6.07 Å². The highest BCUT2D eigenvalue weighted by Gasteiger charge is 2.42. The third kappa shape index (κ3) is 7.20. The maximum atomic E-state index is 12.8. The van der Waals surface area contributed by atoms with Crippen molar-refractivity contribution in [2.24, 2.45) is 5.92 Å². The zero-order valence-electron chi connectivity index (χ0n) is 21.4. The summed E-state index contributed by atoms with van der Waals surface area (Å²) in [5, 5.41) is 0. The van der Waals surface area contributed by atoms with Crippen LogP contribution in [0.2, 0.25) is 0 Å². The molecule has 1 fully saturated rings. The van der Waals surface area contributed by atoms with Gasteiger partial charge in [-0.1, -0.05) is 13.8 Å². The second-order valence-corrected chi connectivity index (χ2v) is 9.36. The second-order valence-electron chi connectivity index (χ2n) is 9.36. The Labute approximate surface area is 217 Å². The summed E-state index contributed by atoms with van der Waals surface area (Å²) < 4.78 is 43.4. The number of aryl methyl sites for hydroxylation is 1. The molecule has 206 valence electrons. The highest BCUT2D eigenvalue weighted by atomic mass is 19.4. The van der Waals surface area contributed by atoms with Crippen molar-refractivity contribution in [3.05, 3.63) is 57.8 Å². The second kappa shape index (κ2) is 12.2. The minimum Gasteiger partial charge on any atom is -0.497 e. The molecule has 0 radical (unpaired) electrons. The van der Waals surface area contributed by atoms with Gasteiger partial charge in [0, 0.05) is 43.5 Å². The lowest BCUT2D eigenvalue weighted by atomic mass is 9.88. The van der Waals surface area contributed by atoms with Gasteiger partial charge in [0.05, 0.1) is 12.8 Å². The van der Waals surface area contributed by atoms with E-state index in [0.29, 0.717) is 42.9 Å². The van der Waals surface area contributed by atoms with Crippen LogP contribution in [0.5, 0.6) is 5.75 Å². The number of carbonyl (C=O) groups excluding carboxylic acids is 3. The number of carbonyl (C=O) groups is 3. The Bertz CT molecular complexity index is 1220. The van der Waals surface area contributed by atoms with Crippen LogP contribution >= 0.6 is 0 Å². The summed E-state index contributed by atoms with van der Waals surface area (Å²) in [6.45, 7) is 4.31. The molecule has 1 aromatic carbocycles. The van der Waals surface area contributed by atoms with Crippen molar-refractivity contribution in [2.45, 2.75) is 58.0 Å². The summed E-state index contributed by atoms with van der Waals surface area (Å²) in [6.07, 6.45) is -4.10. The molecule has 1 aliphatic rings. The van der Waals surface area contributed by atoms with Gasteiger partial charge in [-0.2, -0.15) is 13.2 Å². The maximum absolute atomic E-state index is 12.8. The highest BCUT2D eigenvalue weighted by Crippen LogP contribution is 2.24. The molecule has 12 heteroatoms. The number of nitrogens with zero attached hydrogens (tertiary/aromatic N) is 3. The van der Waals surface area contributed by atoms with E-state index in [1.165, 1.54) is 0 Å². The summed E-state index contributed by atoms with van der Waals surface area (Å²) >= 11 is 0. The highest BCUT2D eigenvalue weighted by molar-refractivity contribution is 5.98. The number of alkyl halides is 3. The molecule has 0 aliphatic carbocycles. The summed E-state index contributed by atoms with van der Waals surface area (Å²) in [6, 6.07) is 7.89. The number of benzene rings is 1. The number of Topliss-reactive ketones (excluding diaryl/α,β-unsaturated/α-hetero) is 1. The van der Waals surface area contributed by atoms with Gasteiger partial charge in [-0.25, -0.2) is 9.78 Å². The van der Waals surface area contributed by atoms with Crippen LogP contribution < -0.4 is 15.1 Å². The number of ether oxygens (including phenoxy) is 1. The molecule has 0 atom stereocenters. The Morgan fingerprint density at radius 1 is 1.11 bits per heavy atom. The number of halogens is 3. The third-order valence-corrected chi connectivity index (χ3v) is 6.35. The van der Waals surface area contributed by atoms with Crippen molar-refractivity contribution < 1.29 is 37.1 Å². The Morgan fingerprint density at radius 2 is 1.74 bits per heavy atom. The van der Waals surface area contributed by atoms with Gasteiger partial charge in [0.25, 0.3) is 5.56 Å². The number of ketones is 1. The smallest absolute Gasteiger partial charge is 0.493 e. The average Bonchev–Trinajstić information content (AvgIpc) is 2.89. The van der Waals surface area contributed by atoms with Gasteiger partial charge in [0.1, 0.15) is 11.6 Å². The number of rotatable bonds is 9. The van der Waals surface area contributed by atoms with E-state index in [-0.39, 0.29) is 53.3 Å². The quantitative estimate of drug-likeness (QED) is 0.452. The van der Waals surface area contributed by atoms with Gasteiger partial charge in [-0.15, -0.1) is 4.73 Å². The first-order valence-electron chi connectivity index (χ1n) is 12.3. The largest absolute Gasteiger partial charge is 0.497 e. The first-order valence-corrected chi connectivity index (χ1v) is 12.3. The van der Waals surface area contributed by atoms with E-state index in [9.17, 15) is 32.3 Å². The predicted molar refractivity (Wildman–Crippen MR) is 130 cm³/mol. The normalized spacial score (nSPS) is 14.4. The summed E-state index contributed by atoms with van der Waals surface area (Å²) in [5.41, 5.74) is -0.0329. The van der Waals surface area contributed by atoms with Crippen molar-refractivity contribution in [3.8, 4) is 5.75 Å². The molecular weight excluding hydrogens is 507 g/mol. The third-order valence-electron chi connectivity index (χ3n) is 6.35. The fourth-order valence-electron chi connectivity index (χ4n) is 4.16. The van der Waals surface area contributed by atoms with Crippen LogP contribution in [0.1, 0.15) is 67.3 Å². The van der Waals surface area contributed by atoms with Crippen LogP contribution in [0.15, 0.2) is 35.1 Å². The molecule has 3 rings (SSSR count). The molecule has 2 aromatic rings. The molecule has 0 bridgehead atoms. The lowest BCUT2D eigenvalue weighted by Gasteiger charge is -2.31. The zero-order valence-corrected chi connectivity index (χ0v) is 21.4. The Hall–Kier alpha value is -3.70. The fraction of sp³-hybridized carbons (Fsp3) is 0.500. The number of likely N-dealkylation sites (tertiary alicyclic amines) is 1. The molecule has 0 saturated carbocycles. The molecule has 0 N–H and O–H groups in total. The molecule has 1 amide bonds. The number of aromatic nitrogens is 2. The standard InChI is InChI=1S/C26H30F3N3O6/c1-16(2)20-15-23(34)32(38-25(36)26(27,28)29)21(30-20)5-4-6-22(33)31-13-11-18(12-14-31)24(35)17-7-9-19(37-3)10-8-17/h7-10,15-16,18H,4-6,11-14H2,1-3H3. The van der Waals surface area contributed by atoms with Crippen molar-refractivity contribution in [2.75, 3.05) is 20.2 Å². The molecule has 1 aromatic heterocycles.